The number of nitrogens with zero attached hydrogens (tertiary/aromatic N) is 2. The summed E-state index contributed by atoms with van der Waals surface area (Å²) in [5.41, 5.74) is 4.86. The van der Waals surface area contributed by atoms with Gasteiger partial charge in [-0.3, -0.25) is 9.59 Å². The van der Waals surface area contributed by atoms with Gasteiger partial charge in [-0.05, 0) is 43.2 Å². The van der Waals surface area contributed by atoms with Gasteiger partial charge in [-0.25, -0.2) is 0 Å². The Morgan fingerprint density at radius 3 is 2.42 bits per heavy atom. The monoisotopic (exact) mass is 474 g/mol. The molecule has 4 rings (SSSR count). The lowest BCUT2D eigenvalue weighted by Crippen LogP contribution is -2.16. The SMILES string of the molecule is Cc1cccc(Nc2nnc(SCC(=O)Nc3ccccc3C(=O)c3ccccc3)s2)c1C. The number of aryl methyl sites for hydroxylation is 1. The van der Waals surface area contributed by atoms with Gasteiger partial charge in [0.05, 0.1) is 11.4 Å². The average Bonchev–Trinajstić information content (AvgIpc) is 3.28. The van der Waals surface area contributed by atoms with Crippen molar-refractivity contribution in [1.29, 1.82) is 0 Å². The molecule has 1 amide bonds. The molecule has 1 aromatic heterocycles. The Balaban J connectivity index is 1.37. The van der Waals surface area contributed by atoms with Gasteiger partial charge in [-0.1, -0.05) is 77.7 Å². The largest absolute Gasteiger partial charge is 0.330 e. The molecule has 0 saturated heterocycles. The van der Waals surface area contributed by atoms with Crippen LogP contribution in [0.5, 0.6) is 0 Å². The molecule has 0 saturated carbocycles. The highest BCUT2D eigenvalue weighted by Gasteiger charge is 2.15. The van der Waals surface area contributed by atoms with Gasteiger partial charge in [-0.15, -0.1) is 10.2 Å². The summed E-state index contributed by atoms with van der Waals surface area (Å²) in [6.07, 6.45) is 0. The summed E-state index contributed by atoms with van der Waals surface area (Å²) >= 11 is 2.70. The third kappa shape index (κ3) is 5.66. The Hall–Kier alpha value is -3.49. The van der Waals surface area contributed by atoms with Crippen LogP contribution in [0.15, 0.2) is 77.1 Å². The van der Waals surface area contributed by atoms with Gasteiger partial charge in [0.15, 0.2) is 10.1 Å². The van der Waals surface area contributed by atoms with E-state index in [0.29, 0.717) is 26.3 Å². The minimum Gasteiger partial charge on any atom is -0.330 e. The number of anilines is 3. The van der Waals surface area contributed by atoms with Crippen molar-refractivity contribution in [1.82, 2.24) is 10.2 Å². The Morgan fingerprint density at radius 1 is 0.879 bits per heavy atom. The van der Waals surface area contributed by atoms with E-state index >= 15 is 0 Å². The normalized spacial score (nSPS) is 10.6. The smallest absolute Gasteiger partial charge is 0.234 e. The van der Waals surface area contributed by atoms with Crippen molar-refractivity contribution in [3.05, 3.63) is 95.1 Å². The van der Waals surface area contributed by atoms with Crippen LogP contribution in [0.25, 0.3) is 0 Å². The molecule has 4 aromatic rings. The van der Waals surface area contributed by atoms with Crippen LogP contribution in [0.4, 0.5) is 16.5 Å². The van der Waals surface area contributed by atoms with E-state index in [1.54, 1.807) is 36.4 Å². The molecule has 0 fully saturated rings. The summed E-state index contributed by atoms with van der Waals surface area (Å²) in [4.78, 5) is 25.4. The fourth-order valence-electron chi connectivity index (χ4n) is 3.17. The number of hydrogen-bond acceptors (Lipinski definition) is 7. The molecule has 0 aliphatic rings. The number of carbonyl (C=O) groups excluding carboxylic acids is 2. The summed E-state index contributed by atoms with van der Waals surface area (Å²) < 4.78 is 0.687. The molecule has 166 valence electrons. The Morgan fingerprint density at radius 2 is 1.61 bits per heavy atom. The number of thioether (sulfide) groups is 1. The molecular weight excluding hydrogens is 452 g/mol. The molecular formula is C25H22N4O2S2. The van der Waals surface area contributed by atoms with E-state index in [-0.39, 0.29) is 17.4 Å². The molecule has 0 aliphatic heterocycles. The number of hydrogen-bond donors (Lipinski definition) is 2. The van der Waals surface area contributed by atoms with E-state index < -0.39 is 0 Å². The van der Waals surface area contributed by atoms with Gasteiger partial charge in [-0.2, -0.15) is 0 Å². The van der Waals surface area contributed by atoms with Crippen LogP contribution in [-0.2, 0) is 4.79 Å². The number of nitrogens with one attached hydrogen (secondary N) is 2. The molecule has 2 N–H and O–H groups in total. The van der Waals surface area contributed by atoms with Crippen molar-refractivity contribution in [2.45, 2.75) is 18.2 Å². The molecule has 6 nitrogen and oxygen atoms in total. The number of carbonyl (C=O) groups is 2. The minimum absolute atomic E-state index is 0.134. The van der Waals surface area contributed by atoms with Gasteiger partial charge >= 0.3 is 0 Å². The number of rotatable bonds is 8. The van der Waals surface area contributed by atoms with Crippen molar-refractivity contribution in [3.63, 3.8) is 0 Å². The Bertz CT molecular complexity index is 1290. The maximum atomic E-state index is 12.8. The average molecular weight is 475 g/mol. The van der Waals surface area contributed by atoms with Crippen LogP contribution >= 0.6 is 23.1 Å². The van der Waals surface area contributed by atoms with Crippen LogP contribution < -0.4 is 10.6 Å². The van der Waals surface area contributed by atoms with Gasteiger partial charge < -0.3 is 10.6 Å². The van der Waals surface area contributed by atoms with E-state index in [9.17, 15) is 9.59 Å². The van der Waals surface area contributed by atoms with Crippen LogP contribution in [0, 0.1) is 13.8 Å². The van der Waals surface area contributed by atoms with Crippen molar-refractivity contribution in [3.8, 4) is 0 Å². The van der Waals surface area contributed by atoms with E-state index in [0.717, 1.165) is 11.3 Å². The minimum atomic E-state index is -0.215. The summed E-state index contributed by atoms with van der Waals surface area (Å²) in [7, 11) is 0. The summed E-state index contributed by atoms with van der Waals surface area (Å²) in [6.45, 7) is 4.12. The molecule has 0 radical (unpaired) electrons. The second-order valence-corrected chi connectivity index (χ2v) is 9.52. The fraction of sp³-hybridized carbons (Fsp3) is 0.120. The number of ketones is 1. The first-order valence-electron chi connectivity index (χ1n) is 10.3. The van der Waals surface area contributed by atoms with Crippen LogP contribution in [0.1, 0.15) is 27.0 Å². The van der Waals surface area contributed by atoms with E-state index in [4.69, 9.17) is 0 Å². The highest BCUT2D eigenvalue weighted by molar-refractivity contribution is 8.01. The molecule has 33 heavy (non-hydrogen) atoms. The standard InChI is InChI=1S/C25H22N4O2S2/c1-16-9-8-14-20(17(16)2)27-24-28-29-25(33-24)32-15-22(30)26-21-13-7-6-12-19(21)23(31)18-10-4-3-5-11-18/h3-14H,15H2,1-2H3,(H,26,30)(H,27,28). The van der Waals surface area contributed by atoms with E-state index in [1.807, 2.05) is 30.3 Å². The first-order valence-corrected chi connectivity index (χ1v) is 12.1. The molecule has 0 atom stereocenters. The van der Waals surface area contributed by atoms with Crippen molar-refractivity contribution in [2.75, 3.05) is 16.4 Å². The van der Waals surface area contributed by atoms with Gasteiger partial charge in [0, 0.05) is 16.8 Å². The van der Waals surface area contributed by atoms with Crippen LogP contribution in [0.3, 0.4) is 0 Å². The zero-order valence-electron chi connectivity index (χ0n) is 18.2. The Kier molecular flexibility index (Phi) is 7.16. The fourth-order valence-corrected chi connectivity index (χ4v) is 4.73. The lowest BCUT2D eigenvalue weighted by molar-refractivity contribution is -0.113. The van der Waals surface area contributed by atoms with E-state index in [1.165, 1.54) is 28.7 Å². The second-order valence-electron chi connectivity index (χ2n) is 7.32. The van der Waals surface area contributed by atoms with Crippen LogP contribution in [0.2, 0.25) is 0 Å². The van der Waals surface area contributed by atoms with Crippen molar-refractivity contribution < 1.29 is 9.59 Å². The second kappa shape index (κ2) is 10.4. The maximum Gasteiger partial charge on any atom is 0.234 e. The summed E-state index contributed by atoms with van der Waals surface area (Å²) in [6, 6.07) is 22.1. The number of amides is 1. The zero-order chi connectivity index (χ0) is 23.2. The topological polar surface area (TPSA) is 84.0 Å². The van der Waals surface area contributed by atoms with Gasteiger partial charge in [0.2, 0.25) is 11.0 Å². The zero-order valence-corrected chi connectivity index (χ0v) is 19.8. The lowest BCUT2D eigenvalue weighted by Gasteiger charge is -2.10. The van der Waals surface area contributed by atoms with E-state index in [2.05, 4.69) is 40.7 Å². The molecule has 8 heteroatoms. The molecule has 0 spiro atoms. The maximum absolute atomic E-state index is 12.8. The summed E-state index contributed by atoms with van der Waals surface area (Å²) in [5.74, 6) is -0.190. The molecule has 0 unspecified atom stereocenters. The number of para-hydroxylation sites is 1. The molecule has 0 aliphatic carbocycles. The molecule has 1 heterocycles. The molecule has 3 aromatic carbocycles. The van der Waals surface area contributed by atoms with Crippen molar-refractivity contribution in [2.24, 2.45) is 0 Å². The first-order chi connectivity index (χ1) is 16.0. The predicted octanol–water partition coefficient (Wildman–Crippen LogP) is 5.86. The highest BCUT2D eigenvalue weighted by Crippen LogP contribution is 2.29. The van der Waals surface area contributed by atoms with Gasteiger partial charge in [0.25, 0.3) is 0 Å². The van der Waals surface area contributed by atoms with Crippen molar-refractivity contribution >= 4 is 51.3 Å². The third-order valence-corrected chi connectivity index (χ3v) is 7.03. The van der Waals surface area contributed by atoms with Crippen LogP contribution in [-0.4, -0.2) is 27.6 Å². The number of aromatic nitrogens is 2. The quantitative estimate of drug-likeness (QED) is 0.246. The lowest BCUT2D eigenvalue weighted by atomic mass is 10.0. The van der Waals surface area contributed by atoms with Gasteiger partial charge in [0.1, 0.15) is 0 Å². The Labute approximate surface area is 200 Å². The molecule has 0 bridgehead atoms. The third-order valence-electron chi connectivity index (χ3n) is 5.06. The number of benzene rings is 3. The first kappa shape index (κ1) is 22.7. The highest BCUT2D eigenvalue weighted by atomic mass is 32.2. The summed E-state index contributed by atoms with van der Waals surface area (Å²) in [5, 5.41) is 15.2. The predicted molar refractivity (Wildman–Crippen MR) is 135 cm³/mol.